The van der Waals surface area contributed by atoms with Crippen molar-refractivity contribution < 1.29 is 23.7 Å². The summed E-state index contributed by atoms with van der Waals surface area (Å²) in [5.74, 6) is 1.71. The van der Waals surface area contributed by atoms with Crippen LogP contribution in [0.15, 0.2) is 60.7 Å². The minimum atomic E-state index is -0.684. The Bertz CT molecular complexity index is 1200. The SMILES string of the molecule is COc1ccc(-c2ccc3c(c2)COC2(CCN(C(=O)c4ccc(C)cc4)CC2)O3)c(OC)c1. The third-order valence-electron chi connectivity index (χ3n) is 6.68. The Kier molecular flexibility index (Phi) is 5.92. The van der Waals surface area contributed by atoms with E-state index in [1.165, 1.54) is 0 Å². The first kappa shape index (κ1) is 22.3. The third kappa shape index (κ3) is 4.21. The molecule has 1 spiro atoms. The number of fused-ring (bicyclic) bond motifs is 1. The molecule has 3 aromatic carbocycles. The van der Waals surface area contributed by atoms with E-state index in [2.05, 4.69) is 6.07 Å². The lowest BCUT2D eigenvalue weighted by molar-refractivity contribution is -0.225. The highest BCUT2D eigenvalue weighted by molar-refractivity contribution is 5.94. The lowest BCUT2D eigenvalue weighted by atomic mass is 9.98. The molecule has 1 fully saturated rings. The van der Waals surface area contributed by atoms with E-state index in [1.807, 2.05) is 66.4 Å². The van der Waals surface area contributed by atoms with Gasteiger partial charge in [-0.15, -0.1) is 0 Å². The zero-order valence-corrected chi connectivity index (χ0v) is 19.8. The van der Waals surface area contributed by atoms with E-state index in [4.69, 9.17) is 18.9 Å². The van der Waals surface area contributed by atoms with Crippen molar-refractivity contribution in [1.29, 1.82) is 0 Å². The van der Waals surface area contributed by atoms with Crippen LogP contribution >= 0.6 is 0 Å². The highest BCUT2D eigenvalue weighted by Gasteiger charge is 2.42. The molecule has 2 aliphatic rings. The largest absolute Gasteiger partial charge is 0.497 e. The standard InChI is InChI=1S/C28H29NO5/c1-19-4-6-20(7-5-19)27(30)29-14-12-28(13-15-29)33-18-22-16-21(8-11-25(22)34-28)24-10-9-23(31-2)17-26(24)32-3/h4-11,16-17H,12-15,18H2,1-3H3. The molecule has 0 radical (unpaired) electrons. The summed E-state index contributed by atoms with van der Waals surface area (Å²) in [6.45, 7) is 3.69. The number of aryl methyl sites for hydroxylation is 1. The van der Waals surface area contributed by atoms with Crippen molar-refractivity contribution in [2.45, 2.75) is 32.2 Å². The first-order chi connectivity index (χ1) is 16.5. The van der Waals surface area contributed by atoms with Crippen molar-refractivity contribution in [3.63, 3.8) is 0 Å². The molecule has 1 amide bonds. The van der Waals surface area contributed by atoms with Gasteiger partial charge in [-0.05, 0) is 48.9 Å². The smallest absolute Gasteiger partial charge is 0.253 e. The van der Waals surface area contributed by atoms with Gasteiger partial charge in [-0.2, -0.15) is 0 Å². The molecule has 34 heavy (non-hydrogen) atoms. The molecule has 0 N–H and O–H groups in total. The van der Waals surface area contributed by atoms with Crippen LogP contribution < -0.4 is 14.2 Å². The summed E-state index contributed by atoms with van der Waals surface area (Å²) < 4.78 is 23.5. The van der Waals surface area contributed by atoms with E-state index in [9.17, 15) is 4.79 Å². The number of amides is 1. The Hall–Kier alpha value is -3.51. The van der Waals surface area contributed by atoms with Crippen molar-refractivity contribution in [3.05, 3.63) is 77.4 Å². The van der Waals surface area contributed by atoms with Crippen molar-refractivity contribution in [3.8, 4) is 28.4 Å². The Labute approximate surface area is 200 Å². The van der Waals surface area contributed by atoms with Gasteiger partial charge in [0, 0.05) is 48.7 Å². The van der Waals surface area contributed by atoms with Crippen LogP contribution in [0.3, 0.4) is 0 Å². The fourth-order valence-electron chi connectivity index (χ4n) is 4.61. The van der Waals surface area contributed by atoms with Crippen LogP contribution in [0, 0.1) is 6.92 Å². The highest BCUT2D eigenvalue weighted by atomic mass is 16.7. The first-order valence-electron chi connectivity index (χ1n) is 11.5. The van der Waals surface area contributed by atoms with Gasteiger partial charge in [0.15, 0.2) is 0 Å². The van der Waals surface area contributed by atoms with Gasteiger partial charge >= 0.3 is 0 Å². The monoisotopic (exact) mass is 459 g/mol. The summed E-state index contributed by atoms with van der Waals surface area (Å²) in [7, 11) is 3.29. The number of methoxy groups -OCH3 is 2. The number of carbonyl (C=O) groups is 1. The molecule has 0 bridgehead atoms. The molecule has 5 rings (SSSR count). The number of piperidine rings is 1. The molecule has 3 aromatic rings. The molecule has 1 saturated heterocycles. The Balaban J connectivity index is 1.29. The van der Waals surface area contributed by atoms with E-state index in [-0.39, 0.29) is 5.91 Å². The minimum Gasteiger partial charge on any atom is -0.497 e. The van der Waals surface area contributed by atoms with E-state index in [1.54, 1.807) is 14.2 Å². The van der Waals surface area contributed by atoms with Crippen LogP contribution in [-0.4, -0.2) is 43.9 Å². The normalized spacial score (nSPS) is 16.5. The van der Waals surface area contributed by atoms with Crippen molar-refractivity contribution in [1.82, 2.24) is 4.90 Å². The maximum Gasteiger partial charge on any atom is 0.253 e. The molecular weight excluding hydrogens is 430 g/mol. The molecule has 2 aliphatic heterocycles. The van der Waals surface area contributed by atoms with Gasteiger partial charge in [-0.3, -0.25) is 4.79 Å². The average Bonchev–Trinajstić information content (AvgIpc) is 2.88. The maximum atomic E-state index is 12.9. The van der Waals surface area contributed by atoms with Gasteiger partial charge < -0.3 is 23.8 Å². The Morgan fingerprint density at radius 3 is 2.41 bits per heavy atom. The molecule has 0 saturated carbocycles. The predicted octanol–water partition coefficient (Wildman–Crippen LogP) is 5.22. The summed E-state index contributed by atoms with van der Waals surface area (Å²) in [4.78, 5) is 14.8. The third-order valence-corrected chi connectivity index (χ3v) is 6.68. The number of hydrogen-bond donors (Lipinski definition) is 0. The van der Waals surface area contributed by atoms with Crippen molar-refractivity contribution in [2.75, 3.05) is 27.3 Å². The van der Waals surface area contributed by atoms with E-state index in [0.29, 0.717) is 32.5 Å². The quantitative estimate of drug-likeness (QED) is 0.535. The number of ether oxygens (including phenoxy) is 4. The lowest BCUT2D eigenvalue weighted by Crippen LogP contribution is -2.52. The topological polar surface area (TPSA) is 57.2 Å². The van der Waals surface area contributed by atoms with Gasteiger partial charge in [0.1, 0.15) is 17.2 Å². The van der Waals surface area contributed by atoms with Crippen LogP contribution in [0.1, 0.15) is 34.3 Å². The number of carbonyl (C=O) groups excluding carboxylic acids is 1. The lowest BCUT2D eigenvalue weighted by Gasteiger charge is -2.44. The number of hydrogen-bond acceptors (Lipinski definition) is 5. The van der Waals surface area contributed by atoms with Gasteiger partial charge in [0.2, 0.25) is 5.79 Å². The fourth-order valence-corrected chi connectivity index (χ4v) is 4.61. The second kappa shape index (κ2) is 9.03. The number of nitrogens with zero attached hydrogens (tertiary/aromatic N) is 1. The molecule has 6 heteroatoms. The number of rotatable bonds is 4. The summed E-state index contributed by atoms with van der Waals surface area (Å²) in [6, 6.07) is 19.6. The van der Waals surface area contributed by atoms with E-state index < -0.39 is 5.79 Å². The number of benzene rings is 3. The van der Waals surface area contributed by atoms with E-state index >= 15 is 0 Å². The van der Waals surface area contributed by atoms with Gasteiger partial charge in [-0.25, -0.2) is 0 Å². The molecule has 0 aliphatic carbocycles. The molecular formula is C28H29NO5. The zero-order chi connectivity index (χ0) is 23.7. The molecule has 6 nitrogen and oxygen atoms in total. The van der Waals surface area contributed by atoms with Crippen molar-refractivity contribution in [2.24, 2.45) is 0 Å². The van der Waals surface area contributed by atoms with Crippen LogP contribution in [0.5, 0.6) is 17.2 Å². The Morgan fingerprint density at radius 1 is 0.941 bits per heavy atom. The Morgan fingerprint density at radius 2 is 1.71 bits per heavy atom. The molecule has 2 heterocycles. The van der Waals surface area contributed by atoms with Gasteiger partial charge in [0.05, 0.1) is 20.8 Å². The van der Waals surface area contributed by atoms with E-state index in [0.717, 1.165) is 45.1 Å². The van der Waals surface area contributed by atoms with Gasteiger partial charge in [-0.1, -0.05) is 23.8 Å². The fraction of sp³-hybridized carbons (Fsp3) is 0.321. The second-order valence-electron chi connectivity index (χ2n) is 8.85. The summed E-state index contributed by atoms with van der Waals surface area (Å²) in [5.41, 5.74) is 4.87. The zero-order valence-electron chi connectivity index (χ0n) is 19.8. The second-order valence-corrected chi connectivity index (χ2v) is 8.85. The summed E-state index contributed by atoms with van der Waals surface area (Å²) >= 11 is 0. The van der Waals surface area contributed by atoms with Crippen LogP contribution in [0.4, 0.5) is 0 Å². The molecule has 0 unspecified atom stereocenters. The van der Waals surface area contributed by atoms with Gasteiger partial charge in [0.25, 0.3) is 5.91 Å². The van der Waals surface area contributed by atoms with Crippen molar-refractivity contribution >= 4 is 5.91 Å². The summed E-state index contributed by atoms with van der Waals surface area (Å²) in [5, 5.41) is 0. The number of likely N-dealkylation sites (tertiary alicyclic amines) is 1. The first-order valence-corrected chi connectivity index (χ1v) is 11.5. The molecule has 0 aromatic heterocycles. The average molecular weight is 460 g/mol. The highest BCUT2D eigenvalue weighted by Crippen LogP contribution is 2.41. The molecule has 0 atom stereocenters. The van der Waals surface area contributed by atoms with Crippen LogP contribution in [0.25, 0.3) is 11.1 Å². The van der Waals surface area contributed by atoms with Crippen LogP contribution in [-0.2, 0) is 11.3 Å². The predicted molar refractivity (Wildman–Crippen MR) is 129 cm³/mol. The molecule has 176 valence electrons. The maximum absolute atomic E-state index is 12.9. The van der Waals surface area contributed by atoms with Crippen LogP contribution in [0.2, 0.25) is 0 Å². The summed E-state index contributed by atoms with van der Waals surface area (Å²) in [6.07, 6.45) is 1.27. The minimum absolute atomic E-state index is 0.0594.